The first-order valence-electron chi connectivity index (χ1n) is 5.60. The number of methoxy groups -OCH3 is 2. The average molecular weight is 259 g/mol. The zero-order valence-electron chi connectivity index (χ0n) is 10.6. The van der Waals surface area contributed by atoms with Crippen molar-refractivity contribution >= 4 is 5.97 Å². The van der Waals surface area contributed by atoms with Gasteiger partial charge in [0.05, 0.1) is 19.8 Å². The minimum absolute atomic E-state index is 0.340. The molecule has 1 heterocycles. The summed E-state index contributed by atoms with van der Waals surface area (Å²) in [5, 5.41) is 0. The van der Waals surface area contributed by atoms with Gasteiger partial charge in [-0.1, -0.05) is 12.1 Å². The number of carbonyl (C=O) groups excluding carboxylic acids is 1. The van der Waals surface area contributed by atoms with Crippen LogP contribution in [-0.4, -0.2) is 25.2 Å². The van der Waals surface area contributed by atoms with E-state index in [2.05, 4.69) is 4.98 Å². The molecule has 0 spiro atoms. The number of carbonyl (C=O) groups is 1. The minimum atomic E-state index is -0.500. The lowest BCUT2D eigenvalue weighted by molar-refractivity contribution is 0.0729. The van der Waals surface area contributed by atoms with E-state index in [9.17, 15) is 4.79 Å². The standard InChI is InChI=1S/C14H13NO4/c1-17-11-5-3-4-6-12(11)19-14(16)10-7-8-13(18-2)15-9-10/h3-9H,1-2H3. The molecule has 0 unspecified atom stereocenters. The first-order valence-corrected chi connectivity index (χ1v) is 5.60. The zero-order chi connectivity index (χ0) is 13.7. The second-order valence-corrected chi connectivity index (χ2v) is 3.63. The monoisotopic (exact) mass is 259 g/mol. The molecule has 5 heteroatoms. The summed E-state index contributed by atoms with van der Waals surface area (Å²) in [4.78, 5) is 15.9. The van der Waals surface area contributed by atoms with Crippen molar-refractivity contribution in [1.29, 1.82) is 0 Å². The summed E-state index contributed by atoms with van der Waals surface area (Å²) in [5.74, 6) is 0.802. The molecular formula is C14H13NO4. The Labute approximate surface area is 110 Å². The normalized spacial score (nSPS) is 9.79. The Morgan fingerprint density at radius 2 is 1.74 bits per heavy atom. The maximum atomic E-state index is 11.9. The maximum absolute atomic E-state index is 11.9. The molecule has 5 nitrogen and oxygen atoms in total. The summed E-state index contributed by atoms with van der Waals surface area (Å²) < 4.78 is 15.3. The fraction of sp³-hybridized carbons (Fsp3) is 0.143. The third kappa shape index (κ3) is 3.01. The molecule has 0 saturated carbocycles. The van der Waals surface area contributed by atoms with Crippen LogP contribution in [0.2, 0.25) is 0 Å². The molecule has 0 N–H and O–H groups in total. The van der Waals surface area contributed by atoms with Crippen molar-refractivity contribution in [3.8, 4) is 17.4 Å². The number of ether oxygens (including phenoxy) is 3. The van der Waals surface area contributed by atoms with E-state index in [1.807, 2.05) is 0 Å². The van der Waals surface area contributed by atoms with Gasteiger partial charge in [0.2, 0.25) is 5.88 Å². The Morgan fingerprint density at radius 3 is 2.32 bits per heavy atom. The quantitative estimate of drug-likeness (QED) is 0.623. The smallest absolute Gasteiger partial charge is 0.345 e. The Morgan fingerprint density at radius 1 is 1.00 bits per heavy atom. The molecule has 2 aromatic rings. The molecule has 0 fully saturated rings. The molecule has 0 aliphatic rings. The van der Waals surface area contributed by atoms with Gasteiger partial charge in [-0.3, -0.25) is 0 Å². The number of pyridine rings is 1. The van der Waals surface area contributed by atoms with Crippen molar-refractivity contribution in [2.75, 3.05) is 14.2 Å². The van der Waals surface area contributed by atoms with E-state index in [0.717, 1.165) is 0 Å². The lowest BCUT2D eigenvalue weighted by Crippen LogP contribution is -2.09. The summed E-state index contributed by atoms with van der Waals surface area (Å²) >= 11 is 0. The molecule has 19 heavy (non-hydrogen) atoms. The van der Waals surface area contributed by atoms with Crippen LogP contribution in [0.5, 0.6) is 17.4 Å². The number of para-hydroxylation sites is 2. The van der Waals surface area contributed by atoms with Crippen LogP contribution >= 0.6 is 0 Å². The highest BCUT2D eigenvalue weighted by Gasteiger charge is 2.12. The Bertz CT molecular complexity index is 566. The maximum Gasteiger partial charge on any atom is 0.345 e. The molecule has 0 aliphatic carbocycles. The molecule has 1 aromatic carbocycles. The fourth-order valence-corrected chi connectivity index (χ4v) is 1.48. The molecule has 0 atom stereocenters. The minimum Gasteiger partial charge on any atom is -0.493 e. The van der Waals surface area contributed by atoms with Gasteiger partial charge in [-0.25, -0.2) is 9.78 Å². The van der Waals surface area contributed by atoms with Crippen molar-refractivity contribution in [3.05, 3.63) is 48.2 Å². The highest BCUT2D eigenvalue weighted by atomic mass is 16.6. The SMILES string of the molecule is COc1ccc(C(=O)Oc2ccccc2OC)cn1. The molecule has 2 rings (SSSR count). The van der Waals surface area contributed by atoms with E-state index in [-0.39, 0.29) is 0 Å². The van der Waals surface area contributed by atoms with Gasteiger partial charge in [0.1, 0.15) is 0 Å². The fourth-order valence-electron chi connectivity index (χ4n) is 1.48. The van der Waals surface area contributed by atoms with Crippen molar-refractivity contribution in [1.82, 2.24) is 4.98 Å². The summed E-state index contributed by atoms with van der Waals surface area (Å²) in [5.41, 5.74) is 0.340. The number of hydrogen-bond acceptors (Lipinski definition) is 5. The van der Waals surface area contributed by atoms with Gasteiger partial charge in [-0.2, -0.15) is 0 Å². The number of rotatable bonds is 4. The summed E-state index contributed by atoms with van der Waals surface area (Å²) in [6.45, 7) is 0. The molecule has 0 aliphatic heterocycles. The third-order valence-corrected chi connectivity index (χ3v) is 2.45. The van der Waals surface area contributed by atoms with Crippen LogP contribution in [-0.2, 0) is 0 Å². The van der Waals surface area contributed by atoms with Gasteiger partial charge in [0, 0.05) is 12.3 Å². The first-order chi connectivity index (χ1) is 9.24. The second-order valence-electron chi connectivity index (χ2n) is 3.63. The predicted molar refractivity (Wildman–Crippen MR) is 68.7 cm³/mol. The van der Waals surface area contributed by atoms with E-state index in [4.69, 9.17) is 14.2 Å². The van der Waals surface area contributed by atoms with E-state index in [1.54, 1.807) is 36.4 Å². The van der Waals surface area contributed by atoms with E-state index in [0.29, 0.717) is 22.9 Å². The van der Waals surface area contributed by atoms with Crippen molar-refractivity contribution in [3.63, 3.8) is 0 Å². The van der Waals surface area contributed by atoms with Gasteiger partial charge in [0.15, 0.2) is 11.5 Å². The van der Waals surface area contributed by atoms with E-state index < -0.39 is 5.97 Å². The molecule has 1 aromatic heterocycles. The topological polar surface area (TPSA) is 57.7 Å². The summed E-state index contributed by atoms with van der Waals surface area (Å²) in [7, 11) is 3.02. The Hall–Kier alpha value is -2.56. The lowest BCUT2D eigenvalue weighted by Gasteiger charge is -2.08. The number of aromatic nitrogens is 1. The second kappa shape index (κ2) is 5.86. The summed E-state index contributed by atoms with van der Waals surface area (Å²) in [6.07, 6.45) is 1.40. The van der Waals surface area contributed by atoms with E-state index >= 15 is 0 Å². The van der Waals surface area contributed by atoms with Crippen LogP contribution in [0.4, 0.5) is 0 Å². The van der Waals surface area contributed by atoms with Crippen LogP contribution in [0.1, 0.15) is 10.4 Å². The van der Waals surface area contributed by atoms with Crippen LogP contribution in [0.15, 0.2) is 42.6 Å². The van der Waals surface area contributed by atoms with Gasteiger partial charge >= 0.3 is 5.97 Å². The first kappa shape index (κ1) is 12.9. The third-order valence-electron chi connectivity index (χ3n) is 2.45. The van der Waals surface area contributed by atoms with Crippen LogP contribution < -0.4 is 14.2 Å². The number of hydrogen-bond donors (Lipinski definition) is 0. The lowest BCUT2D eigenvalue weighted by atomic mass is 10.3. The van der Waals surface area contributed by atoms with Crippen molar-refractivity contribution in [2.24, 2.45) is 0 Å². The molecule has 0 saturated heterocycles. The predicted octanol–water partition coefficient (Wildman–Crippen LogP) is 2.32. The van der Waals surface area contributed by atoms with Crippen molar-refractivity contribution in [2.45, 2.75) is 0 Å². The molecule has 0 amide bonds. The highest BCUT2D eigenvalue weighted by molar-refractivity contribution is 5.91. The number of esters is 1. The zero-order valence-corrected chi connectivity index (χ0v) is 10.6. The van der Waals surface area contributed by atoms with E-state index in [1.165, 1.54) is 20.4 Å². The molecule has 0 bridgehead atoms. The average Bonchev–Trinajstić information content (AvgIpc) is 2.48. The highest BCUT2D eigenvalue weighted by Crippen LogP contribution is 2.26. The van der Waals surface area contributed by atoms with Crippen LogP contribution in [0, 0.1) is 0 Å². The van der Waals surface area contributed by atoms with Gasteiger partial charge in [-0.05, 0) is 18.2 Å². The van der Waals surface area contributed by atoms with Gasteiger partial charge in [-0.15, -0.1) is 0 Å². The largest absolute Gasteiger partial charge is 0.493 e. The van der Waals surface area contributed by atoms with Crippen LogP contribution in [0.3, 0.4) is 0 Å². The molecule has 98 valence electrons. The molecule has 0 radical (unpaired) electrons. The molecular weight excluding hydrogens is 246 g/mol. The Kier molecular flexibility index (Phi) is 3.97. The number of nitrogens with zero attached hydrogens (tertiary/aromatic N) is 1. The van der Waals surface area contributed by atoms with Gasteiger partial charge in [0.25, 0.3) is 0 Å². The number of benzene rings is 1. The Balaban J connectivity index is 2.16. The summed E-state index contributed by atoms with van der Waals surface area (Å²) in [6, 6.07) is 10.1. The van der Waals surface area contributed by atoms with Gasteiger partial charge < -0.3 is 14.2 Å². The van der Waals surface area contributed by atoms with Crippen LogP contribution in [0.25, 0.3) is 0 Å². The van der Waals surface area contributed by atoms with Crippen molar-refractivity contribution < 1.29 is 19.0 Å².